The fourth-order valence-electron chi connectivity index (χ4n) is 5.15. The van der Waals surface area contributed by atoms with Gasteiger partial charge in [-0.15, -0.1) is 0 Å². The molecule has 1 aliphatic rings. The van der Waals surface area contributed by atoms with Gasteiger partial charge in [0.25, 0.3) is 0 Å². The zero-order valence-electron chi connectivity index (χ0n) is 20.5. The molecule has 0 N–H and O–H groups in total. The maximum atomic E-state index is 15.6. The van der Waals surface area contributed by atoms with Crippen molar-refractivity contribution in [2.75, 3.05) is 0 Å². The molecule has 3 heteroatoms. The highest BCUT2D eigenvalue weighted by Gasteiger charge is 2.31. The Morgan fingerprint density at radius 3 is 2.37 bits per heavy atom. The second-order valence-corrected chi connectivity index (χ2v) is 15.6. The molecule has 0 atom stereocenters. The van der Waals surface area contributed by atoms with Gasteiger partial charge in [-0.05, 0) is 79.8 Å². The van der Waals surface area contributed by atoms with Crippen LogP contribution in [-0.2, 0) is 7.05 Å². The Labute approximate surface area is 183 Å². The molecule has 0 spiro atoms. The van der Waals surface area contributed by atoms with Gasteiger partial charge in [-0.2, -0.15) is 4.57 Å². The van der Waals surface area contributed by atoms with Gasteiger partial charge in [-0.1, -0.05) is 36.8 Å². The third-order valence-electron chi connectivity index (χ3n) is 7.39. The number of halogens is 1. The Hall–Kier alpha value is -2.00. The number of aromatic nitrogens is 1. The van der Waals surface area contributed by atoms with Crippen LogP contribution in [0, 0.1) is 33.5 Å². The van der Waals surface area contributed by atoms with E-state index in [9.17, 15) is 0 Å². The van der Waals surface area contributed by atoms with E-state index in [0.717, 1.165) is 46.1 Å². The number of fused-ring (bicyclic) bond motifs is 1. The largest absolute Gasteiger partial charge is 0.220 e. The number of pyridine rings is 1. The van der Waals surface area contributed by atoms with E-state index >= 15 is 4.39 Å². The van der Waals surface area contributed by atoms with E-state index in [1.165, 1.54) is 28.8 Å². The van der Waals surface area contributed by atoms with Crippen LogP contribution in [0.25, 0.3) is 22.0 Å². The van der Waals surface area contributed by atoms with Crippen LogP contribution in [-0.4, -0.2) is 8.07 Å². The van der Waals surface area contributed by atoms with Gasteiger partial charge in [-0.3, -0.25) is 0 Å². The third-order valence-corrected chi connectivity index (χ3v) is 10.7. The van der Waals surface area contributed by atoms with Crippen LogP contribution in [0.4, 0.5) is 4.39 Å². The van der Waals surface area contributed by atoms with Gasteiger partial charge in [0.2, 0.25) is 5.69 Å². The van der Waals surface area contributed by atoms with Gasteiger partial charge in [0.1, 0.15) is 12.9 Å². The average molecular weight is 422 g/mol. The summed E-state index contributed by atoms with van der Waals surface area (Å²) in [6, 6.07) is 11.1. The first-order valence-corrected chi connectivity index (χ1v) is 14.6. The minimum Gasteiger partial charge on any atom is -0.207 e. The van der Waals surface area contributed by atoms with E-state index in [1.54, 1.807) is 6.07 Å². The van der Waals surface area contributed by atoms with E-state index in [-0.39, 0.29) is 11.7 Å². The standard InChI is InChI=1S/C27H35FNSi/c1-17-12-18(2)20(4)23(13-17)27-25-16-26(28)24(15-22(25)14-19(3)29(27)5)21-8-10-30(6,7)11-9-21/h12-16,21H,8-11H2,1-7H3/q+1/i14D. The summed E-state index contributed by atoms with van der Waals surface area (Å²) in [6.45, 7) is 13.3. The minimum absolute atomic E-state index is 0.106. The molecule has 2 heterocycles. The smallest absolute Gasteiger partial charge is 0.207 e. The zero-order chi connectivity index (χ0) is 22.7. The van der Waals surface area contributed by atoms with Crippen molar-refractivity contribution >= 4 is 18.8 Å². The predicted octanol–water partition coefficient (Wildman–Crippen LogP) is 7.29. The Bertz CT molecular complexity index is 1190. The molecule has 3 aromatic rings. The van der Waals surface area contributed by atoms with E-state index in [2.05, 4.69) is 50.6 Å². The summed E-state index contributed by atoms with van der Waals surface area (Å²) in [5.41, 5.74) is 7.52. The van der Waals surface area contributed by atoms with Crippen molar-refractivity contribution in [3.05, 3.63) is 64.1 Å². The number of hydrogen-bond donors (Lipinski definition) is 0. The van der Waals surface area contributed by atoms with Crippen LogP contribution in [0.1, 0.15) is 48.1 Å². The monoisotopic (exact) mass is 421 g/mol. The molecule has 1 aliphatic heterocycles. The van der Waals surface area contributed by atoms with E-state index < -0.39 is 8.07 Å². The van der Waals surface area contributed by atoms with Crippen molar-refractivity contribution in [3.8, 4) is 11.3 Å². The molecule has 2 aromatic carbocycles. The summed E-state index contributed by atoms with van der Waals surface area (Å²) < 4.78 is 26.5. The molecule has 30 heavy (non-hydrogen) atoms. The molecule has 1 saturated heterocycles. The molecule has 0 aliphatic carbocycles. The van der Waals surface area contributed by atoms with Crippen molar-refractivity contribution < 1.29 is 10.3 Å². The van der Waals surface area contributed by atoms with Crippen LogP contribution in [0.3, 0.4) is 0 Å². The zero-order valence-corrected chi connectivity index (χ0v) is 20.5. The summed E-state index contributed by atoms with van der Waals surface area (Å²) in [5, 5.41) is 1.72. The second-order valence-electron chi connectivity index (χ2n) is 10.2. The van der Waals surface area contributed by atoms with E-state index in [0.29, 0.717) is 6.04 Å². The average Bonchev–Trinajstić information content (AvgIpc) is 2.70. The lowest BCUT2D eigenvalue weighted by Gasteiger charge is -2.33. The summed E-state index contributed by atoms with van der Waals surface area (Å²) in [7, 11) is 0.902. The Morgan fingerprint density at radius 1 is 1.03 bits per heavy atom. The fraction of sp³-hybridized carbons (Fsp3) is 0.444. The quantitative estimate of drug-likeness (QED) is 0.302. The molecule has 4 rings (SSSR count). The number of rotatable bonds is 2. The first kappa shape index (κ1) is 19.9. The fourth-order valence-corrected chi connectivity index (χ4v) is 7.66. The van der Waals surface area contributed by atoms with Crippen LogP contribution in [0.2, 0.25) is 25.2 Å². The Morgan fingerprint density at radius 2 is 1.70 bits per heavy atom. The molecular weight excluding hydrogens is 385 g/mol. The summed E-state index contributed by atoms with van der Waals surface area (Å²) in [6.07, 6.45) is 2.16. The van der Waals surface area contributed by atoms with E-state index in [4.69, 9.17) is 1.37 Å². The van der Waals surface area contributed by atoms with Gasteiger partial charge in [-0.25, -0.2) is 4.39 Å². The third kappa shape index (κ3) is 3.73. The van der Waals surface area contributed by atoms with Crippen LogP contribution >= 0.6 is 0 Å². The second kappa shape index (κ2) is 7.60. The lowest BCUT2D eigenvalue weighted by Crippen LogP contribution is -2.35. The van der Waals surface area contributed by atoms with Gasteiger partial charge in [0.05, 0.1) is 12.3 Å². The van der Waals surface area contributed by atoms with Gasteiger partial charge in [0, 0.05) is 21.0 Å². The lowest BCUT2D eigenvalue weighted by atomic mass is 9.89. The molecule has 0 radical (unpaired) electrons. The molecule has 1 nitrogen and oxygen atoms in total. The van der Waals surface area contributed by atoms with Crippen molar-refractivity contribution in [2.24, 2.45) is 7.05 Å². The van der Waals surface area contributed by atoms with Crippen molar-refractivity contribution in [3.63, 3.8) is 0 Å². The Balaban J connectivity index is 1.97. The topological polar surface area (TPSA) is 3.88 Å². The number of nitrogens with zero attached hydrogens (tertiary/aromatic N) is 1. The molecule has 1 fully saturated rings. The molecule has 1 aromatic heterocycles. The first-order chi connectivity index (χ1) is 14.5. The Kier molecular flexibility index (Phi) is 5.05. The van der Waals surface area contributed by atoms with E-state index in [1.807, 2.05) is 20.0 Å². The van der Waals surface area contributed by atoms with Gasteiger partial charge in [0.15, 0.2) is 5.69 Å². The molecule has 0 amide bonds. The molecule has 0 unspecified atom stereocenters. The van der Waals surface area contributed by atoms with Gasteiger partial charge >= 0.3 is 0 Å². The molecule has 0 bridgehead atoms. The number of aryl methyl sites for hydroxylation is 2. The van der Waals surface area contributed by atoms with Crippen molar-refractivity contribution in [1.29, 1.82) is 0 Å². The first-order valence-electron chi connectivity index (χ1n) is 11.7. The maximum Gasteiger partial charge on any atom is 0.220 e. The summed E-state index contributed by atoms with van der Waals surface area (Å²) in [4.78, 5) is 0. The van der Waals surface area contributed by atoms with Crippen LogP contribution in [0.15, 0.2) is 30.3 Å². The van der Waals surface area contributed by atoms with Crippen molar-refractivity contribution in [2.45, 2.75) is 71.6 Å². The normalized spacial score (nSPS) is 17.4. The molecule has 158 valence electrons. The summed E-state index contributed by atoms with van der Waals surface area (Å²) >= 11 is 0. The highest BCUT2D eigenvalue weighted by Crippen LogP contribution is 2.41. The number of hydrogen-bond acceptors (Lipinski definition) is 0. The molecule has 0 saturated carbocycles. The van der Waals surface area contributed by atoms with Crippen molar-refractivity contribution in [1.82, 2.24) is 0 Å². The highest BCUT2D eigenvalue weighted by atomic mass is 28.3. The molecular formula is C27H35FNSi+. The summed E-state index contributed by atoms with van der Waals surface area (Å²) in [5.74, 6) is 0.176. The maximum absolute atomic E-state index is 15.6. The minimum atomic E-state index is -1.10. The van der Waals surface area contributed by atoms with Gasteiger partial charge < -0.3 is 0 Å². The van der Waals surface area contributed by atoms with Crippen LogP contribution < -0.4 is 4.57 Å². The SMILES string of the molecule is [2H]c1c(C)[n+](C)c(-c2cc(C)cc(C)c2C)c2cc(F)c(C3CC[Si](C)(C)CC3)cc12. The lowest BCUT2D eigenvalue weighted by molar-refractivity contribution is -0.665. The number of benzene rings is 2. The van der Waals surface area contributed by atoms with Crippen LogP contribution in [0.5, 0.6) is 0 Å². The highest BCUT2D eigenvalue weighted by molar-refractivity contribution is 6.77. The predicted molar refractivity (Wildman–Crippen MR) is 129 cm³/mol.